The molecule has 0 bridgehead atoms. The van der Waals surface area contributed by atoms with Gasteiger partial charge in [0.2, 0.25) is 0 Å². The molecule has 0 spiro atoms. The van der Waals surface area contributed by atoms with Crippen LogP contribution < -0.4 is 0 Å². The summed E-state index contributed by atoms with van der Waals surface area (Å²) in [7, 11) is 1.86. The van der Waals surface area contributed by atoms with E-state index in [4.69, 9.17) is 16.6 Å². The molecule has 3 nitrogen and oxygen atoms in total. The van der Waals surface area contributed by atoms with Crippen molar-refractivity contribution in [2.75, 3.05) is 13.6 Å². The van der Waals surface area contributed by atoms with Gasteiger partial charge in [-0.15, -0.1) is 0 Å². The summed E-state index contributed by atoms with van der Waals surface area (Å²) < 4.78 is 0. The number of aromatic nitrogens is 1. The fourth-order valence-electron chi connectivity index (χ4n) is 2.82. The van der Waals surface area contributed by atoms with Crippen molar-refractivity contribution in [2.24, 2.45) is 0 Å². The van der Waals surface area contributed by atoms with Gasteiger partial charge in [0.15, 0.2) is 0 Å². The average Bonchev–Trinajstić information content (AvgIpc) is 2.65. The molecule has 1 aromatic heterocycles. The predicted octanol–water partition coefficient (Wildman–Crippen LogP) is 5.43. The van der Waals surface area contributed by atoms with E-state index in [0.717, 1.165) is 41.5 Å². The van der Waals surface area contributed by atoms with Gasteiger partial charge in [0.1, 0.15) is 0 Å². The Labute approximate surface area is 153 Å². The molecule has 3 rings (SSSR count). The fourth-order valence-corrected chi connectivity index (χ4v) is 2.95. The van der Waals surface area contributed by atoms with Gasteiger partial charge in [-0.25, -0.2) is 4.98 Å². The van der Waals surface area contributed by atoms with Crippen LogP contribution in [0.4, 0.5) is 0 Å². The van der Waals surface area contributed by atoms with E-state index in [2.05, 4.69) is 6.92 Å². The van der Waals surface area contributed by atoms with Crippen molar-refractivity contribution >= 4 is 28.4 Å². The molecule has 0 aliphatic rings. The monoisotopic (exact) mass is 352 g/mol. The Morgan fingerprint density at radius 2 is 1.84 bits per heavy atom. The van der Waals surface area contributed by atoms with Gasteiger partial charge in [0, 0.05) is 29.6 Å². The highest BCUT2D eigenvalue weighted by Crippen LogP contribution is 2.26. The first kappa shape index (κ1) is 17.4. The molecule has 0 unspecified atom stereocenters. The van der Waals surface area contributed by atoms with E-state index in [1.165, 1.54) is 0 Å². The highest BCUT2D eigenvalue weighted by molar-refractivity contribution is 6.30. The molecule has 1 amide bonds. The summed E-state index contributed by atoms with van der Waals surface area (Å²) in [6, 6.07) is 17.2. The number of pyridine rings is 1. The Balaban J connectivity index is 2.09. The van der Waals surface area contributed by atoms with E-state index >= 15 is 0 Å². The number of para-hydroxylation sites is 1. The number of fused-ring (bicyclic) bond motifs is 1. The third-order valence-electron chi connectivity index (χ3n) is 4.28. The summed E-state index contributed by atoms with van der Waals surface area (Å²) in [4.78, 5) is 19.5. The number of amides is 1. The normalized spacial score (nSPS) is 10.8. The molecular weight excluding hydrogens is 332 g/mol. The number of hydrogen-bond acceptors (Lipinski definition) is 2. The van der Waals surface area contributed by atoms with E-state index in [0.29, 0.717) is 10.6 Å². The molecule has 1 heterocycles. The summed E-state index contributed by atoms with van der Waals surface area (Å²) in [6.07, 6.45) is 2.06. The minimum Gasteiger partial charge on any atom is -0.342 e. The zero-order valence-corrected chi connectivity index (χ0v) is 15.3. The molecule has 0 N–H and O–H groups in total. The van der Waals surface area contributed by atoms with Gasteiger partial charge in [0.05, 0.1) is 16.8 Å². The van der Waals surface area contributed by atoms with Crippen molar-refractivity contribution in [3.63, 3.8) is 0 Å². The number of benzene rings is 2. The van der Waals surface area contributed by atoms with Crippen molar-refractivity contribution in [3.05, 3.63) is 65.2 Å². The largest absolute Gasteiger partial charge is 0.342 e. The van der Waals surface area contributed by atoms with E-state index in [-0.39, 0.29) is 5.91 Å². The van der Waals surface area contributed by atoms with Crippen LogP contribution >= 0.6 is 11.6 Å². The van der Waals surface area contributed by atoms with Gasteiger partial charge in [-0.2, -0.15) is 0 Å². The van der Waals surface area contributed by atoms with Gasteiger partial charge in [0.25, 0.3) is 5.91 Å². The second kappa shape index (κ2) is 7.66. The zero-order valence-electron chi connectivity index (χ0n) is 14.5. The van der Waals surface area contributed by atoms with E-state index in [1.807, 2.05) is 61.6 Å². The fraction of sp³-hybridized carbons (Fsp3) is 0.238. The average molecular weight is 353 g/mol. The SMILES string of the molecule is CCCCN(C)C(=O)c1cc(-c2ccc(Cl)cc2)nc2ccccc12. The highest BCUT2D eigenvalue weighted by Gasteiger charge is 2.17. The molecule has 25 heavy (non-hydrogen) atoms. The molecule has 4 heteroatoms. The minimum absolute atomic E-state index is 0.0299. The number of hydrogen-bond donors (Lipinski definition) is 0. The molecule has 0 atom stereocenters. The van der Waals surface area contributed by atoms with Crippen molar-refractivity contribution in [1.82, 2.24) is 9.88 Å². The molecule has 2 aromatic carbocycles. The van der Waals surface area contributed by atoms with E-state index in [9.17, 15) is 4.79 Å². The lowest BCUT2D eigenvalue weighted by Crippen LogP contribution is -2.28. The highest BCUT2D eigenvalue weighted by atomic mass is 35.5. The molecule has 0 radical (unpaired) electrons. The van der Waals surface area contributed by atoms with Crippen LogP contribution in [0, 0.1) is 0 Å². The van der Waals surface area contributed by atoms with Gasteiger partial charge in [-0.1, -0.05) is 55.3 Å². The molecule has 0 aliphatic heterocycles. The van der Waals surface area contributed by atoms with Gasteiger partial charge < -0.3 is 4.90 Å². The lowest BCUT2D eigenvalue weighted by molar-refractivity contribution is 0.0795. The van der Waals surface area contributed by atoms with Crippen LogP contribution in [0.3, 0.4) is 0 Å². The number of rotatable bonds is 5. The standard InChI is InChI=1S/C21H21ClN2O/c1-3-4-13-24(2)21(25)18-14-20(15-9-11-16(22)12-10-15)23-19-8-6-5-7-17(18)19/h5-12,14H,3-4,13H2,1-2H3. The van der Waals surface area contributed by atoms with Crippen LogP contribution in [0.25, 0.3) is 22.2 Å². The zero-order chi connectivity index (χ0) is 17.8. The number of nitrogens with zero attached hydrogens (tertiary/aromatic N) is 2. The van der Waals surface area contributed by atoms with Gasteiger partial charge in [-0.05, 0) is 30.7 Å². The maximum Gasteiger partial charge on any atom is 0.254 e. The van der Waals surface area contributed by atoms with Crippen LogP contribution in [0.15, 0.2) is 54.6 Å². The van der Waals surface area contributed by atoms with Gasteiger partial charge >= 0.3 is 0 Å². The molecule has 0 saturated heterocycles. The summed E-state index contributed by atoms with van der Waals surface area (Å²) >= 11 is 5.98. The summed E-state index contributed by atoms with van der Waals surface area (Å²) in [5.41, 5.74) is 3.24. The lowest BCUT2D eigenvalue weighted by Gasteiger charge is -2.18. The van der Waals surface area contributed by atoms with Gasteiger partial charge in [-0.3, -0.25) is 4.79 Å². The van der Waals surface area contributed by atoms with Crippen LogP contribution in [0.1, 0.15) is 30.1 Å². The number of carbonyl (C=O) groups is 1. The molecule has 0 aliphatic carbocycles. The Morgan fingerprint density at radius 1 is 1.12 bits per heavy atom. The third-order valence-corrected chi connectivity index (χ3v) is 4.53. The van der Waals surface area contributed by atoms with Crippen molar-refractivity contribution in [1.29, 1.82) is 0 Å². The molecule has 0 fully saturated rings. The Kier molecular flexibility index (Phi) is 5.34. The maximum absolute atomic E-state index is 13.0. The second-order valence-corrected chi connectivity index (χ2v) is 6.60. The molecule has 128 valence electrons. The Bertz CT molecular complexity index is 890. The van der Waals surface area contributed by atoms with E-state index < -0.39 is 0 Å². The lowest BCUT2D eigenvalue weighted by atomic mass is 10.0. The first-order valence-corrected chi connectivity index (χ1v) is 8.89. The Morgan fingerprint density at radius 3 is 2.56 bits per heavy atom. The quantitative estimate of drug-likeness (QED) is 0.613. The predicted molar refractivity (Wildman–Crippen MR) is 104 cm³/mol. The van der Waals surface area contributed by atoms with Crippen molar-refractivity contribution in [3.8, 4) is 11.3 Å². The topological polar surface area (TPSA) is 33.2 Å². The number of carbonyl (C=O) groups excluding carboxylic acids is 1. The van der Waals surface area contributed by atoms with Crippen LogP contribution in [-0.4, -0.2) is 29.4 Å². The maximum atomic E-state index is 13.0. The second-order valence-electron chi connectivity index (χ2n) is 6.16. The minimum atomic E-state index is 0.0299. The van der Waals surface area contributed by atoms with Crippen molar-refractivity contribution in [2.45, 2.75) is 19.8 Å². The molecular formula is C21H21ClN2O. The van der Waals surface area contributed by atoms with Crippen LogP contribution in [-0.2, 0) is 0 Å². The van der Waals surface area contributed by atoms with E-state index in [1.54, 1.807) is 4.90 Å². The number of halogens is 1. The summed E-state index contributed by atoms with van der Waals surface area (Å²) in [5, 5.41) is 1.56. The molecule has 3 aromatic rings. The third kappa shape index (κ3) is 3.83. The van der Waals surface area contributed by atoms with Crippen LogP contribution in [0.5, 0.6) is 0 Å². The molecule has 0 saturated carbocycles. The first-order valence-electron chi connectivity index (χ1n) is 8.51. The van der Waals surface area contributed by atoms with Crippen molar-refractivity contribution < 1.29 is 4.79 Å². The van der Waals surface area contributed by atoms with Crippen LogP contribution in [0.2, 0.25) is 5.02 Å². The Hall–Kier alpha value is -2.39. The smallest absolute Gasteiger partial charge is 0.254 e. The summed E-state index contributed by atoms with van der Waals surface area (Å²) in [5.74, 6) is 0.0299. The summed E-state index contributed by atoms with van der Waals surface area (Å²) in [6.45, 7) is 2.88. The first-order chi connectivity index (χ1) is 12.1. The number of unbranched alkanes of at least 4 members (excludes halogenated alkanes) is 1.